The zero-order chi connectivity index (χ0) is 11.3. The lowest BCUT2D eigenvalue weighted by Gasteiger charge is -2.21. The maximum atomic E-state index is 11.8. The number of rotatable bonds is 5. The summed E-state index contributed by atoms with van der Waals surface area (Å²) in [4.78, 5) is 23.2. The summed E-state index contributed by atoms with van der Waals surface area (Å²) in [5, 5.41) is 0. The first-order chi connectivity index (χ1) is 7.15. The van der Waals surface area contributed by atoms with Crippen molar-refractivity contribution < 1.29 is 9.59 Å². The zero-order valence-electron chi connectivity index (χ0n) is 9.92. The second-order valence-corrected chi connectivity index (χ2v) is 4.72. The van der Waals surface area contributed by atoms with Crippen molar-refractivity contribution in [2.24, 2.45) is 11.8 Å². The minimum Gasteiger partial charge on any atom is -0.299 e. The molecule has 0 aromatic carbocycles. The lowest BCUT2D eigenvalue weighted by Crippen LogP contribution is -2.23. The predicted octanol–water partition coefficient (Wildman–Crippen LogP) is 3.14. The summed E-state index contributed by atoms with van der Waals surface area (Å²) in [5.74, 6) is 0.444. The van der Waals surface area contributed by atoms with Crippen LogP contribution < -0.4 is 0 Å². The second-order valence-electron chi connectivity index (χ2n) is 4.72. The molecular formula is C13H22O2. The molecule has 0 N–H and O–H groups in total. The van der Waals surface area contributed by atoms with Gasteiger partial charge in [0.25, 0.3) is 0 Å². The average Bonchev–Trinajstić information content (AvgIpc) is 2.28. The summed E-state index contributed by atoms with van der Waals surface area (Å²) in [6.07, 6.45) is 7.30. The average molecular weight is 210 g/mol. The Hall–Kier alpha value is -0.660. The maximum Gasteiger partial charge on any atom is 0.143 e. The van der Waals surface area contributed by atoms with Gasteiger partial charge in [-0.05, 0) is 12.8 Å². The quantitative estimate of drug-likeness (QED) is 0.653. The van der Waals surface area contributed by atoms with Crippen LogP contribution in [0.2, 0.25) is 0 Å². The summed E-state index contributed by atoms with van der Waals surface area (Å²) in [7, 11) is 0. The molecule has 0 aromatic rings. The standard InChI is InChI=1S/C13H22O2/c1-3-12(14)10(2)13(15)9-11-7-5-4-6-8-11/h10-11H,3-9H2,1-2H3. The Kier molecular flexibility index (Phi) is 5.00. The molecular weight excluding hydrogens is 188 g/mol. The summed E-state index contributed by atoms with van der Waals surface area (Å²) in [6.45, 7) is 3.59. The molecule has 1 saturated carbocycles. The molecule has 86 valence electrons. The molecule has 2 heteroatoms. The van der Waals surface area contributed by atoms with Gasteiger partial charge in [0.15, 0.2) is 0 Å². The third-order valence-electron chi connectivity index (χ3n) is 3.53. The molecule has 1 fully saturated rings. The monoisotopic (exact) mass is 210 g/mol. The molecule has 1 unspecified atom stereocenters. The number of hydrogen-bond acceptors (Lipinski definition) is 2. The van der Waals surface area contributed by atoms with Gasteiger partial charge in [0.1, 0.15) is 11.6 Å². The van der Waals surface area contributed by atoms with E-state index in [1.165, 1.54) is 32.1 Å². The topological polar surface area (TPSA) is 34.1 Å². The van der Waals surface area contributed by atoms with E-state index in [-0.39, 0.29) is 17.5 Å². The molecule has 0 aliphatic heterocycles. The van der Waals surface area contributed by atoms with Crippen LogP contribution in [0.1, 0.15) is 58.8 Å². The van der Waals surface area contributed by atoms with Crippen molar-refractivity contribution in [3.05, 3.63) is 0 Å². The first-order valence-electron chi connectivity index (χ1n) is 6.20. The summed E-state index contributed by atoms with van der Waals surface area (Å²) >= 11 is 0. The summed E-state index contributed by atoms with van der Waals surface area (Å²) < 4.78 is 0. The first kappa shape index (κ1) is 12.4. The Morgan fingerprint density at radius 2 is 1.73 bits per heavy atom. The van der Waals surface area contributed by atoms with Crippen LogP contribution in [-0.4, -0.2) is 11.6 Å². The van der Waals surface area contributed by atoms with Crippen LogP contribution >= 0.6 is 0 Å². The molecule has 0 saturated heterocycles. The van der Waals surface area contributed by atoms with E-state index in [1.807, 2.05) is 6.92 Å². The van der Waals surface area contributed by atoms with Gasteiger partial charge in [-0.3, -0.25) is 9.59 Å². The van der Waals surface area contributed by atoms with E-state index in [9.17, 15) is 9.59 Å². The van der Waals surface area contributed by atoms with E-state index in [0.717, 1.165) is 0 Å². The van der Waals surface area contributed by atoms with Crippen LogP contribution in [0.5, 0.6) is 0 Å². The van der Waals surface area contributed by atoms with Crippen LogP contribution in [0.15, 0.2) is 0 Å². The van der Waals surface area contributed by atoms with Crippen molar-refractivity contribution in [2.75, 3.05) is 0 Å². The van der Waals surface area contributed by atoms with Crippen molar-refractivity contribution in [3.63, 3.8) is 0 Å². The molecule has 0 heterocycles. The second kappa shape index (κ2) is 6.04. The molecule has 0 amide bonds. The Bertz CT molecular complexity index is 227. The molecule has 0 aromatic heterocycles. The van der Waals surface area contributed by atoms with E-state index >= 15 is 0 Å². The van der Waals surface area contributed by atoms with Crippen LogP contribution in [0, 0.1) is 11.8 Å². The smallest absolute Gasteiger partial charge is 0.143 e. The van der Waals surface area contributed by atoms with Crippen molar-refractivity contribution in [3.8, 4) is 0 Å². The van der Waals surface area contributed by atoms with Gasteiger partial charge in [0, 0.05) is 12.8 Å². The van der Waals surface area contributed by atoms with Gasteiger partial charge >= 0.3 is 0 Å². The fourth-order valence-electron chi connectivity index (χ4n) is 2.34. The van der Waals surface area contributed by atoms with Crippen LogP contribution in [0.4, 0.5) is 0 Å². The molecule has 1 aliphatic rings. The SMILES string of the molecule is CCC(=O)C(C)C(=O)CC1CCCCC1. The molecule has 0 bridgehead atoms. The molecule has 1 aliphatic carbocycles. The van der Waals surface area contributed by atoms with Gasteiger partial charge in [-0.2, -0.15) is 0 Å². The van der Waals surface area contributed by atoms with Crippen molar-refractivity contribution in [1.29, 1.82) is 0 Å². The number of carbonyl (C=O) groups excluding carboxylic acids is 2. The van der Waals surface area contributed by atoms with Crippen LogP contribution in [0.25, 0.3) is 0 Å². The highest BCUT2D eigenvalue weighted by Crippen LogP contribution is 2.27. The van der Waals surface area contributed by atoms with Crippen LogP contribution in [0.3, 0.4) is 0 Å². The fourth-order valence-corrected chi connectivity index (χ4v) is 2.34. The molecule has 0 radical (unpaired) electrons. The molecule has 2 nitrogen and oxygen atoms in total. The largest absolute Gasteiger partial charge is 0.299 e. The minimum absolute atomic E-state index is 0.0933. The van der Waals surface area contributed by atoms with E-state index in [2.05, 4.69) is 0 Å². The lowest BCUT2D eigenvalue weighted by atomic mass is 9.83. The molecule has 15 heavy (non-hydrogen) atoms. The number of Topliss-reactive ketones (excluding diaryl/α,β-unsaturated/α-hetero) is 2. The molecule has 1 rings (SSSR count). The maximum absolute atomic E-state index is 11.8. The number of carbonyl (C=O) groups is 2. The molecule has 1 atom stereocenters. The minimum atomic E-state index is -0.364. The molecule has 0 spiro atoms. The zero-order valence-corrected chi connectivity index (χ0v) is 9.92. The number of hydrogen-bond donors (Lipinski definition) is 0. The lowest BCUT2D eigenvalue weighted by molar-refractivity contribution is -0.132. The summed E-state index contributed by atoms with van der Waals surface area (Å²) in [5.41, 5.74) is 0. The van der Waals surface area contributed by atoms with E-state index < -0.39 is 0 Å². The van der Waals surface area contributed by atoms with Crippen molar-refractivity contribution in [1.82, 2.24) is 0 Å². The number of ketones is 2. The third-order valence-corrected chi connectivity index (χ3v) is 3.53. The predicted molar refractivity (Wildman–Crippen MR) is 60.7 cm³/mol. The Morgan fingerprint density at radius 1 is 1.13 bits per heavy atom. The van der Waals surface area contributed by atoms with Gasteiger partial charge in [-0.15, -0.1) is 0 Å². The normalized spacial score (nSPS) is 19.9. The van der Waals surface area contributed by atoms with Gasteiger partial charge in [0.2, 0.25) is 0 Å². The van der Waals surface area contributed by atoms with Crippen molar-refractivity contribution >= 4 is 11.6 Å². The van der Waals surface area contributed by atoms with Gasteiger partial charge in [-0.25, -0.2) is 0 Å². The van der Waals surface area contributed by atoms with Crippen molar-refractivity contribution in [2.45, 2.75) is 58.8 Å². The highest BCUT2D eigenvalue weighted by Gasteiger charge is 2.23. The van der Waals surface area contributed by atoms with Gasteiger partial charge in [0.05, 0.1) is 5.92 Å². The Balaban J connectivity index is 2.36. The highest BCUT2D eigenvalue weighted by atomic mass is 16.1. The highest BCUT2D eigenvalue weighted by molar-refractivity contribution is 6.01. The van der Waals surface area contributed by atoms with Crippen LogP contribution in [-0.2, 0) is 9.59 Å². The van der Waals surface area contributed by atoms with Gasteiger partial charge < -0.3 is 0 Å². The first-order valence-corrected chi connectivity index (χ1v) is 6.20. The van der Waals surface area contributed by atoms with E-state index in [0.29, 0.717) is 18.8 Å². The van der Waals surface area contributed by atoms with E-state index in [4.69, 9.17) is 0 Å². The fraction of sp³-hybridized carbons (Fsp3) is 0.846. The summed E-state index contributed by atoms with van der Waals surface area (Å²) in [6, 6.07) is 0. The Labute approximate surface area is 92.4 Å². The van der Waals surface area contributed by atoms with Gasteiger partial charge in [-0.1, -0.05) is 39.0 Å². The third kappa shape index (κ3) is 3.77. The van der Waals surface area contributed by atoms with E-state index in [1.54, 1.807) is 6.92 Å². The Morgan fingerprint density at radius 3 is 2.27 bits per heavy atom.